The van der Waals surface area contributed by atoms with Gasteiger partial charge in [0.2, 0.25) is 5.91 Å². The molecule has 1 aliphatic heterocycles. The molecule has 0 spiro atoms. The third-order valence-corrected chi connectivity index (χ3v) is 3.98. The number of hydrogen-bond donors (Lipinski definition) is 1. The second-order valence-electron chi connectivity index (χ2n) is 4.70. The van der Waals surface area contributed by atoms with Crippen LogP contribution in [0.4, 0.5) is 0 Å². The van der Waals surface area contributed by atoms with Crippen LogP contribution in [-0.4, -0.2) is 48.9 Å². The molecule has 1 N–H and O–H groups in total. The molecule has 1 amide bonds. The number of thiophene rings is 1. The Bertz CT molecular complexity index is 377. The molecule has 4 nitrogen and oxygen atoms in total. The monoisotopic (exact) mass is 253 g/mol. The van der Waals surface area contributed by atoms with Gasteiger partial charge in [-0.3, -0.25) is 10.1 Å². The van der Waals surface area contributed by atoms with Gasteiger partial charge in [-0.1, -0.05) is 0 Å². The summed E-state index contributed by atoms with van der Waals surface area (Å²) in [5.74, 6) is 0.190. The minimum atomic E-state index is 0.0520. The second kappa shape index (κ2) is 5.16. The van der Waals surface area contributed by atoms with E-state index in [2.05, 4.69) is 28.6 Å². The molecule has 1 aromatic heterocycles. The molecule has 1 aliphatic rings. The van der Waals surface area contributed by atoms with Crippen molar-refractivity contribution in [1.29, 1.82) is 0 Å². The quantitative estimate of drug-likeness (QED) is 0.873. The first-order chi connectivity index (χ1) is 8.09. The van der Waals surface area contributed by atoms with Crippen molar-refractivity contribution in [1.82, 2.24) is 15.1 Å². The number of amides is 1. The third kappa shape index (κ3) is 2.68. The van der Waals surface area contributed by atoms with E-state index < -0.39 is 0 Å². The molecule has 0 saturated carbocycles. The molecule has 1 saturated heterocycles. The Hall–Kier alpha value is -0.910. The van der Waals surface area contributed by atoms with Gasteiger partial charge in [-0.25, -0.2) is 0 Å². The first kappa shape index (κ1) is 12.5. The molecule has 1 fully saturated rings. The molecule has 2 unspecified atom stereocenters. The summed E-state index contributed by atoms with van der Waals surface area (Å²) in [4.78, 5) is 16.0. The van der Waals surface area contributed by atoms with E-state index in [-0.39, 0.29) is 12.1 Å². The lowest BCUT2D eigenvalue weighted by Crippen LogP contribution is -2.41. The average Bonchev–Trinajstić information content (AvgIpc) is 2.89. The summed E-state index contributed by atoms with van der Waals surface area (Å²) in [7, 11) is 4.08. The number of rotatable bonds is 4. The lowest BCUT2D eigenvalue weighted by atomic mass is 10.2. The van der Waals surface area contributed by atoms with Gasteiger partial charge in [0.25, 0.3) is 0 Å². The molecule has 2 atom stereocenters. The fraction of sp³-hybridized carbons (Fsp3) is 0.583. The van der Waals surface area contributed by atoms with Crippen molar-refractivity contribution in [3.8, 4) is 0 Å². The zero-order chi connectivity index (χ0) is 12.4. The molecule has 1 aromatic rings. The van der Waals surface area contributed by atoms with Crippen molar-refractivity contribution in [2.75, 3.05) is 27.2 Å². The van der Waals surface area contributed by atoms with Gasteiger partial charge < -0.3 is 9.80 Å². The third-order valence-electron chi connectivity index (χ3n) is 3.28. The van der Waals surface area contributed by atoms with E-state index in [4.69, 9.17) is 0 Å². The zero-order valence-corrected chi connectivity index (χ0v) is 11.3. The minimum absolute atomic E-state index is 0.0520. The van der Waals surface area contributed by atoms with Gasteiger partial charge in [-0.05, 0) is 43.4 Å². The van der Waals surface area contributed by atoms with Gasteiger partial charge >= 0.3 is 0 Å². The Morgan fingerprint density at radius 1 is 1.65 bits per heavy atom. The highest BCUT2D eigenvalue weighted by Crippen LogP contribution is 2.24. The maximum atomic E-state index is 11.9. The fourth-order valence-electron chi connectivity index (χ4n) is 1.92. The van der Waals surface area contributed by atoms with E-state index >= 15 is 0 Å². The molecule has 5 heteroatoms. The smallest absolute Gasteiger partial charge is 0.238 e. The normalized spacial score (nSPS) is 22.5. The van der Waals surface area contributed by atoms with Crippen LogP contribution in [-0.2, 0) is 4.79 Å². The molecule has 17 heavy (non-hydrogen) atoms. The minimum Gasteiger partial charge on any atom is -0.320 e. The lowest BCUT2D eigenvalue weighted by Gasteiger charge is -2.29. The van der Waals surface area contributed by atoms with Crippen molar-refractivity contribution in [3.05, 3.63) is 22.4 Å². The maximum Gasteiger partial charge on any atom is 0.238 e. The van der Waals surface area contributed by atoms with Crippen LogP contribution >= 0.6 is 11.3 Å². The fourth-order valence-corrected chi connectivity index (χ4v) is 2.60. The van der Waals surface area contributed by atoms with E-state index in [1.54, 1.807) is 11.3 Å². The molecule has 0 aliphatic carbocycles. The Labute approximate surface area is 106 Å². The van der Waals surface area contributed by atoms with Crippen LogP contribution in [0.5, 0.6) is 0 Å². The van der Waals surface area contributed by atoms with Crippen LogP contribution in [0.2, 0.25) is 0 Å². The Balaban J connectivity index is 2.09. The maximum absolute atomic E-state index is 11.9. The first-order valence-electron chi connectivity index (χ1n) is 5.81. The Morgan fingerprint density at radius 2 is 2.41 bits per heavy atom. The Kier molecular flexibility index (Phi) is 3.81. The molecule has 0 bridgehead atoms. The van der Waals surface area contributed by atoms with Crippen LogP contribution in [0.15, 0.2) is 16.8 Å². The second-order valence-corrected chi connectivity index (χ2v) is 5.48. The van der Waals surface area contributed by atoms with Crippen molar-refractivity contribution in [3.63, 3.8) is 0 Å². The molecule has 2 heterocycles. The van der Waals surface area contributed by atoms with Crippen molar-refractivity contribution >= 4 is 17.2 Å². The summed E-state index contributed by atoms with van der Waals surface area (Å²) in [5, 5.41) is 7.42. The summed E-state index contributed by atoms with van der Waals surface area (Å²) in [5.41, 5.74) is 1.19. The number of carbonyl (C=O) groups excluding carboxylic acids is 1. The predicted molar refractivity (Wildman–Crippen MR) is 69.9 cm³/mol. The standard InChI is InChI=1S/C12H19N3OS/c1-9(14(2)3)7-15-11(16)6-13-12(15)10-4-5-17-8-10/h4-5,8-9,12-13H,6-7H2,1-3H3. The first-order valence-corrected chi connectivity index (χ1v) is 6.75. The summed E-state index contributed by atoms with van der Waals surface area (Å²) in [6.45, 7) is 3.34. The van der Waals surface area contributed by atoms with E-state index in [0.29, 0.717) is 12.6 Å². The summed E-state index contributed by atoms with van der Waals surface area (Å²) >= 11 is 1.67. The highest BCUT2D eigenvalue weighted by Gasteiger charge is 2.32. The van der Waals surface area contributed by atoms with Gasteiger partial charge in [0, 0.05) is 12.6 Å². The summed E-state index contributed by atoms with van der Waals surface area (Å²) in [6, 6.07) is 2.44. The van der Waals surface area contributed by atoms with Gasteiger partial charge in [0.15, 0.2) is 0 Å². The molecule has 94 valence electrons. The SMILES string of the molecule is CC(CN1C(=O)CNC1c1ccsc1)N(C)C. The van der Waals surface area contributed by atoms with Gasteiger partial charge in [0.1, 0.15) is 6.17 Å². The van der Waals surface area contributed by atoms with Crippen LogP contribution in [0.3, 0.4) is 0 Å². The number of likely N-dealkylation sites (N-methyl/N-ethyl adjacent to an activating group) is 1. The van der Waals surface area contributed by atoms with Crippen molar-refractivity contribution < 1.29 is 4.79 Å². The largest absolute Gasteiger partial charge is 0.320 e. The van der Waals surface area contributed by atoms with E-state index in [1.165, 1.54) is 5.56 Å². The molecule has 2 rings (SSSR count). The van der Waals surface area contributed by atoms with Crippen LogP contribution in [0, 0.1) is 0 Å². The number of nitrogens with zero attached hydrogens (tertiary/aromatic N) is 2. The van der Waals surface area contributed by atoms with Gasteiger partial charge in [0.05, 0.1) is 6.54 Å². The number of nitrogens with one attached hydrogen (secondary N) is 1. The van der Waals surface area contributed by atoms with Crippen LogP contribution < -0.4 is 5.32 Å². The Morgan fingerprint density at radius 3 is 3.00 bits per heavy atom. The lowest BCUT2D eigenvalue weighted by molar-refractivity contribution is -0.128. The molecular formula is C12H19N3OS. The van der Waals surface area contributed by atoms with Crippen LogP contribution in [0.25, 0.3) is 0 Å². The molecule has 0 aromatic carbocycles. The van der Waals surface area contributed by atoms with E-state index in [0.717, 1.165) is 6.54 Å². The van der Waals surface area contributed by atoms with E-state index in [9.17, 15) is 4.79 Å². The molecular weight excluding hydrogens is 234 g/mol. The van der Waals surface area contributed by atoms with Crippen LogP contribution in [0.1, 0.15) is 18.7 Å². The number of hydrogen-bond acceptors (Lipinski definition) is 4. The average molecular weight is 253 g/mol. The van der Waals surface area contributed by atoms with Crippen molar-refractivity contribution in [2.24, 2.45) is 0 Å². The number of carbonyl (C=O) groups is 1. The van der Waals surface area contributed by atoms with Gasteiger partial charge in [-0.15, -0.1) is 0 Å². The zero-order valence-electron chi connectivity index (χ0n) is 10.5. The topological polar surface area (TPSA) is 35.6 Å². The van der Waals surface area contributed by atoms with E-state index in [1.807, 2.05) is 24.4 Å². The highest BCUT2D eigenvalue weighted by atomic mass is 32.1. The van der Waals surface area contributed by atoms with Gasteiger partial charge in [-0.2, -0.15) is 11.3 Å². The molecule has 0 radical (unpaired) electrons. The summed E-state index contributed by atoms with van der Waals surface area (Å²) < 4.78 is 0. The summed E-state index contributed by atoms with van der Waals surface area (Å²) in [6.07, 6.45) is 0.0520. The van der Waals surface area contributed by atoms with Crippen molar-refractivity contribution in [2.45, 2.75) is 19.1 Å². The predicted octanol–water partition coefficient (Wildman–Crippen LogP) is 1.13. The highest BCUT2D eigenvalue weighted by molar-refractivity contribution is 7.07.